The van der Waals surface area contributed by atoms with E-state index < -0.39 is 32.1 Å². The molecule has 0 rings (SSSR count). The van der Waals surface area contributed by atoms with Gasteiger partial charge in [-0.3, -0.25) is 0 Å². The fraction of sp³-hybridized carbons (Fsp3) is 0. The molecule has 0 atom stereocenters. The molecule has 0 amide bonds. The molecule has 2 N–H and O–H groups in total. The van der Waals surface area contributed by atoms with Gasteiger partial charge < -0.3 is 0 Å². The number of hydrogen-bond acceptors (Lipinski definition) is 2. The maximum atomic E-state index is 8.58. The first-order chi connectivity index (χ1) is 2.83. The molecule has 0 aromatic rings. The van der Waals surface area contributed by atoms with Crippen LogP contribution in [0.2, 0.25) is 0 Å². The van der Waals surface area contributed by atoms with Crippen molar-refractivity contribution >= 4 is 32.1 Å². The fourth-order valence-electron chi connectivity index (χ4n) is 0. The van der Waals surface area contributed by atoms with Crippen molar-refractivity contribution in [1.29, 1.82) is 0 Å². The summed E-state index contributed by atoms with van der Waals surface area (Å²) < 4.78 is 31.4. The van der Waals surface area contributed by atoms with Gasteiger partial charge in [-0.05, 0) is 0 Å². The van der Waals surface area contributed by atoms with Gasteiger partial charge in [-0.1, -0.05) is 0 Å². The molecule has 7 heavy (non-hydrogen) atoms. The normalized spacial score (nSPS) is 6.00. The Morgan fingerprint density at radius 1 is 1.00 bits per heavy atom. The molecule has 0 aliphatic carbocycles. The molecule has 0 saturated heterocycles. The van der Waals surface area contributed by atoms with Crippen molar-refractivity contribution in [3.63, 3.8) is 0 Å². The standard InChI is InChI=1S/2AsHO2.Cu/c2*2-1-3;/h2*(H,2,3);. The van der Waals surface area contributed by atoms with Crippen LogP contribution in [0.1, 0.15) is 0 Å². The summed E-state index contributed by atoms with van der Waals surface area (Å²) >= 11 is -3.12. The molecule has 0 fully saturated rings. The smallest absolute Gasteiger partial charge is 0 e. The van der Waals surface area contributed by atoms with Gasteiger partial charge in [0.25, 0.3) is 0 Å². The van der Waals surface area contributed by atoms with Gasteiger partial charge in [0.05, 0.1) is 0 Å². The minimum Gasteiger partial charge on any atom is 0 e. The van der Waals surface area contributed by atoms with Crippen LogP contribution in [0.4, 0.5) is 0 Å². The SMILES string of the molecule is O=[As]O.O=[As]O.[Cu]. The van der Waals surface area contributed by atoms with E-state index >= 15 is 0 Å². The van der Waals surface area contributed by atoms with Gasteiger partial charge in [-0.2, -0.15) is 0 Å². The predicted molar refractivity (Wildman–Crippen MR) is 17.3 cm³/mol. The Labute approximate surface area is 64.7 Å². The maximum Gasteiger partial charge on any atom is 0 e. The van der Waals surface area contributed by atoms with E-state index in [9.17, 15) is 0 Å². The van der Waals surface area contributed by atoms with Crippen LogP contribution in [0.5, 0.6) is 0 Å². The van der Waals surface area contributed by atoms with Crippen molar-refractivity contribution in [3.05, 3.63) is 0 Å². The zero-order chi connectivity index (χ0) is 5.41. The van der Waals surface area contributed by atoms with Crippen molar-refractivity contribution in [3.8, 4) is 0 Å². The third kappa shape index (κ3) is 142. The van der Waals surface area contributed by atoms with Gasteiger partial charge >= 0.3 is 47.7 Å². The summed E-state index contributed by atoms with van der Waals surface area (Å²) in [4.78, 5) is 0. The topological polar surface area (TPSA) is 74.6 Å². The van der Waals surface area contributed by atoms with Gasteiger partial charge in [0.15, 0.2) is 0 Å². The van der Waals surface area contributed by atoms with Crippen LogP contribution < -0.4 is 0 Å². The molecular formula is H2As2CuO4. The zero-order valence-electron chi connectivity index (χ0n) is 2.91. The first-order valence-corrected chi connectivity index (χ1v) is 3.98. The third-order valence-corrected chi connectivity index (χ3v) is 0. The molecule has 0 aromatic carbocycles. The molecule has 0 aliphatic heterocycles. The Morgan fingerprint density at radius 3 is 1.00 bits per heavy atom. The zero-order valence-corrected chi connectivity index (χ0v) is 7.60. The first-order valence-electron chi connectivity index (χ1n) is 0.765. The largest absolute Gasteiger partial charge is 0 e. The van der Waals surface area contributed by atoms with Crippen LogP contribution in [0.3, 0.4) is 0 Å². The van der Waals surface area contributed by atoms with E-state index in [1.165, 1.54) is 0 Å². The molecule has 1 radical (unpaired) electrons. The average molecular weight is 279 g/mol. The van der Waals surface area contributed by atoms with Crippen molar-refractivity contribution in [2.45, 2.75) is 0 Å². The molecule has 0 heterocycles. The van der Waals surface area contributed by atoms with Gasteiger partial charge in [-0.15, -0.1) is 0 Å². The number of rotatable bonds is 0. The van der Waals surface area contributed by atoms with E-state index in [2.05, 4.69) is 0 Å². The third-order valence-electron chi connectivity index (χ3n) is 0. The first kappa shape index (κ1) is 15.7. The van der Waals surface area contributed by atoms with Crippen molar-refractivity contribution in [2.75, 3.05) is 0 Å². The van der Waals surface area contributed by atoms with Crippen molar-refractivity contribution < 1.29 is 32.7 Å². The molecule has 0 aromatic heterocycles. The molecule has 0 unspecified atom stereocenters. The second-order valence-electron chi connectivity index (χ2n) is 0.163. The monoisotopic (exact) mass is 279 g/mol. The van der Waals surface area contributed by atoms with Crippen LogP contribution in [-0.2, 0) is 24.5 Å². The Kier molecular flexibility index (Phi) is 61.1. The van der Waals surface area contributed by atoms with Gasteiger partial charge in [0.2, 0.25) is 0 Å². The van der Waals surface area contributed by atoms with Crippen LogP contribution in [0.25, 0.3) is 0 Å². The molecule has 0 bridgehead atoms. The molecule has 47 valence electrons. The maximum absolute atomic E-state index is 8.58. The Morgan fingerprint density at radius 2 is 1.00 bits per heavy atom. The van der Waals surface area contributed by atoms with Gasteiger partial charge in [0, 0.05) is 17.1 Å². The van der Waals surface area contributed by atoms with E-state index in [0.29, 0.717) is 0 Å². The minimum atomic E-state index is -1.56. The van der Waals surface area contributed by atoms with Crippen LogP contribution >= 0.6 is 0 Å². The summed E-state index contributed by atoms with van der Waals surface area (Å²) in [6, 6.07) is 0. The van der Waals surface area contributed by atoms with Gasteiger partial charge in [0.1, 0.15) is 0 Å². The summed E-state index contributed by atoms with van der Waals surface area (Å²) in [5.74, 6) is 0. The second-order valence-corrected chi connectivity index (χ2v) is 0.849. The molecule has 7 heteroatoms. The van der Waals surface area contributed by atoms with Crippen molar-refractivity contribution in [1.82, 2.24) is 0 Å². The number of hydrogen-bond donors (Lipinski definition) is 2. The Bertz CT molecular complexity index is 30.7. The van der Waals surface area contributed by atoms with E-state index in [0.717, 1.165) is 0 Å². The summed E-state index contributed by atoms with van der Waals surface area (Å²) in [6.07, 6.45) is 0. The Balaban J connectivity index is -0.0000000400. The quantitative estimate of drug-likeness (QED) is 0.498. The summed E-state index contributed by atoms with van der Waals surface area (Å²) in [5, 5.41) is 0. The minimum absolute atomic E-state index is 0. The van der Waals surface area contributed by atoms with Crippen LogP contribution in [-0.4, -0.2) is 40.3 Å². The van der Waals surface area contributed by atoms with Gasteiger partial charge in [-0.25, -0.2) is 0 Å². The summed E-state index contributed by atoms with van der Waals surface area (Å²) in [7, 11) is 0. The van der Waals surface area contributed by atoms with E-state index in [1.807, 2.05) is 0 Å². The summed E-state index contributed by atoms with van der Waals surface area (Å²) in [6.45, 7) is 0. The average Bonchev–Trinajstić information content (AvgIpc) is 1.39. The van der Waals surface area contributed by atoms with Crippen LogP contribution in [0.15, 0.2) is 0 Å². The predicted octanol–water partition coefficient (Wildman–Crippen LogP) is -2.12. The molecule has 0 aliphatic rings. The molecular weight excluding hydrogens is 277 g/mol. The van der Waals surface area contributed by atoms with Crippen molar-refractivity contribution in [2.24, 2.45) is 0 Å². The molecule has 0 saturated carbocycles. The fourth-order valence-corrected chi connectivity index (χ4v) is 0. The van der Waals surface area contributed by atoms with E-state index in [4.69, 9.17) is 15.7 Å². The Hall–Kier alpha value is 1.16. The molecule has 4 nitrogen and oxygen atoms in total. The van der Waals surface area contributed by atoms with E-state index in [1.54, 1.807) is 0 Å². The molecule has 0 spiro atoms. The van der Waals surface area contributed by atoms with Crippen LogP contribution in [0, 0.1) is 0 Å². The second kappa shape index (κ2) is 27.2. The van der Waals surface area contributed by atoms with E-state index in [-0.39, 0.29) is 17.1 Å². The summed E-state index contributed by atoms with van der Waals surface area (Å²) in [5.41, 5.74) is 0.